The zero-order valence-corrected chi connectivity index (χ0v) is 10.8. The van der Waals surface area contributed by atoms with E-state index in [0.717, 1.165) is 12.1 Å². The van der Waals surface area contributed by atoms with Crippen LogP contribution >= 0.6 is 0 Å². The molecule has 6 heteroatoms. The molecule has 104 valence electrons. The van der Waals surface area contributed by atoms with Gasteiger partial charge in [-0.25, -0.2) is 8.78 Å². The number of likely N-dealkylation sites (N-methyl/N-ethyl adjacent to an activating group) is 1. The van der Waals surface area contributed by atoms with Crippen LogP contribution in [0.3, 0.4) is 0 Å². The Balaban J connectivity index is 2.71. The minimum absolute atomic E-state index is 0.0952. The van der Waals surface area contributed by atoms with E-state index in [1.807, 2.05) is 0 Å². The lowest BCUT2D eigenvalue weighted by atomic mass is 10.1. The van der Waals surface area contributed by atoms with E-state index in [0.29, 0.717) is 12.1 Å². The normalized spacial score (nSPS) is 10.1. The molecule has 0 atom stereocenters. The number of hydrogen-bond donors (Lipinski definition) is 0. The number of carbonyl (C=O) groups excluding carboxylic acids is 2. The number of esters is 1. The fourth-order valence-corrected chi connectivity index (χ4v) is 1.53. The predicted octanol–water partition coefficient (Wildman–Crippen LogP) is 1.53. The average molecular weight is 271 g/mol. The SMILES string of the molecule is CCN(CC(=O)OC)C(=O)Cc1ccc(F)c(F)c1. The van der Waals surface area contributed by atoms with Crippen molar-refractivity contribution in [1.29, 1.82) is 0 Å². The highest BCUT2D eigenvalue weighted by atomic mass is 19.2. The molecule has 1 aromatic carbocycles. The highest BCUT2D eigenvalue weighted by Gasteiger charge is 2.16. The van der Waals surface area contributed by atoms with Crippen LogP contribution < -0.4 is 0 Å². The van der Waals surface area contributed by atoms with E-state index in [-0.39, 0.29) is 18.9 Å². The smallest absolute Gasteiger partial charge is 0.325 e. The maximum atomic E-state index is 13.0. The molecule has 0 radical (unpaired) electrons. The molecule has 0 saturated carbocycles. The van der Waals surface area contributed by atoms with Gasteiger partial charge in [0, 0.05) is 6.54 Å². The summed E-state index contributed by atoms with van der Waals surface area (Å²) >= 11 is 0. The van der Waals surface area contributed by atoms with Gasteiger partial charge in [-0.1, -0.05) is 6.07 Å². The van der Waals surface area contributed by atoms with E-state index >= 15 is 0 Å². The summed E-state index contributed by atoms with van der Waals surface area (Å²) in [6, 6.07) is 3.27. The number of nitrogens with zero attached hydrogens (tertiary/aromatic N) is 1. The molecular formula is C13H15F2NO3. The Bertz CT molecular complexity index is 477. The van der Waals surface area contributed by atoms with Gasteiger partial charge in [-0.05, 0) is 24.6 Å². The topological polar surface area (TPSA) is 46.6 Å². The molecule has 0 fully saturated rings. The van der Waals surface area contributed by atoms with Crippen molar-refractivity contribution in [3.8, 4) is 0 Å². The summed E-state index contributed by atoms with van der Waals surface area (Å²) in [6.07, 6.45) is -0.0952. The standard InChI is InChI=1S/C13H15F2NO3/c1-3-16(8-13(18)19-2)12(17)7-9-4-5-10(14)11(15)6-9/h4-6H,3,7-8H2,1-2H3. The quantitative estimate of drug-likeness (QED) is 0.763. The van der Waals surface area contributed by atoms with Gasteiger partial charge in [0.05, 0.1) is 13.5 Å². The summed E-state index contributed by atoms with van der Waals surface area (Å²) in [4.78, 5) is 24.3. The number of methoxy groups -OCH3 is 1. The fraction of sp³-hybridized carbons (Fsp3) is 0.385. The molecule has 1 aromatic rings. The van der Waals surface area contributed by atoms with E-state index < -0.39 is 17.6 Å². The third-order valence-corrected chi connectivity index (χ3v) is 2.62. The van der Waals surface area contributed by atoms with Crippen molar-refractivity contribution < 1.29 is 23.1 Å². The van der Waals surface area contributed by atoms with E-state index in [1.165, 1.54) is 18.1 Å². The monoisotopic (exact) mass is 271 g/mol. The number of amides is 1. The third-order valence-electron chi connectivity index (χ3n) is 2.62. The van der Waals surface area contributed by atoms with Gasteiger partial charge >= 0.3 is 5.97 Å². The van der Waals surface area contributed by atoms with Crippen LogP contribution in [0.25, 0.3) is 0 Å². The number of benzene rings is 1. The summed E-state index contributed by atoms with van der Waals surface area (Å²) in [5.41, 5.74) is 0.354. The molecule has 0 bridgehead atoms. The first-order chi connectivity index (χ1) is 8.97. The maximum Gasteiger partial charge on any atom is 0.325 e. The summed E-state index contributed by atoms with van der Waals surface area (Å²) < 4.78 is 30.2. The lowest BCUT2D eigenvalue weighted by Crippen LogP contribution is -2.37. The van der Waals surface area contributed by atoms with Crippen molar-refractivity contribution in [2.75, 3.05) is 20.2 Å². The second-order valence-electron chi connectivity index (χ2n) is 3.91. The zero-order chi connectivity index (χ0) is 14.4. The van der Waals surface area contributed by atoms with Crippen molar-refractivity contribution in [2.45, 2.75) is 13.3 Å². The maximum absolute atomic E-state index is 13.0. The molecule has 0 unspecified atom stereocenters. The van der Waals surface area contributed by atoms with Crippen LogP contribution in [0.2, 0.25) is 0 Å². The first-order valence-electron chi connectivity index (χ1n) is 5.76. The second-order valence-corrected chi connectivity index (χ2v) is 3.91. The Hall–Kier alpha value is -1.98. The van der Waals surface area contributed by atoms with Gasteiger partial charge in [-0.15, -0.1) is 0 Å². The molecule has 19 heavy (non-hydrogen) atoms. The van der Waals surface area contributed by atoms with Crippen LogP contribution in [-0.2, 0) is 20.7 Å². The number of carbonyl (C=O) groups is 2. The number of hydrogen-bond acceptors (Lipinski definition) is 3. The summed E-state index contributed by atoms with van der Waals surface area (Å²) in [6.45, 7) is 1.89. The summed E-state index contributed by atoms with van der Waals surface area (Å²) in [7, 11) is 1.23. The molecule has 0 aliphatic heterocycles. The molecule has 1 amide bonds. The Labute approximate surface area is 110 Å². The highest BCUT2D eigenvalue weighted by molar-refractivity contribution is 5.83. The molecule has 0 saturated heterocycles. The fourth-order valence-electron chi connectivity index (χ4n) is 1.53. The largest absolute Gasteiger partial charge is 0.468 e. The molecule has 0 spiro atoms. The van der Waals surface area contributed by atoms with Gasteiger partial charge in [-0.2, -0.15) is 0 Å². The highest BCUT2D eigenvalue weighted by Crippen LogP contribution is 2.10. The lowest BCUT2D eigenvalue weighted by molar-refractivity contribution is -0.146. The first kappa shape index (κ1) is 15.1. The van der Waals surface area contributed by atoms with Crippen LogP contribution in [0.4, 0.5) is 8.78 Å². The summed E-state index contributed by atoms with van der Waals surface area (Å²) in [5.74, 6) is -2.83. The van der Waals surface area contributed by atoms with Gasteiger partial charge in [0.25, 0.3) is 0 Å². The third kappa shape index (κ3) is 4.31. The van der Waals surface area contributed by atoms with Crippen molar-refractivity contribution in [3.63, 3.8) is 0 Å². The first-order valence-corrected chi connectivity index (χ1v) is 5.76. The lowest BCUT2D eigenvalue weighted by Gasteiger charge is -2.19. The number of rotatable bonds is 5. The van der Waals surface area contributed by atoms with Crippen LogP contribution in [0.5, 0.6) is 0 Å². The van der Waals surface area contributed by atoms with Crippen LogP contribution in [0.1, 0.15) is 12.5 Å². The van der Waals surface area contributed by atoms with E-state index in [9.17, 15) is 18.4 Å². The molecule has 1 rings (SSSR count). The molecule has 0 aromatic heterocycles. The van der Waals surface area contributed by atoms with E-state index in [1.54, 1.807) is 6.92 Å². The van der Waals surface area contributed by atoms with Crippen molar-refractivity contribution in [2.24, 2.45) is 0 Å². The predicted molar refractivity (Wildman–Crippen MR) is 64.3 cm³/mol. The average Bonchev–Trinajstić information content (AvgIpc) is 2.39. The molecule has 0 aliphatic rings. The Morgan fingerprint density at radius 2 is 1.95 bits per heavy atom. The summed E-state index contributed by atoms with van der Waals surface area (Å²) in [5, 5.41) is 0. The minimum atomic E-state index is -0.999. The molecule has 4 nitrogen and oxygen atoms in total. The Kier molecular flexibility index (Phi) is 5.41. The molecular weight excluding hydrogens is 256 g/mol. The number of ether oxygens (including phenoxy) is 1. The van der Waals surface area contributed by atoms with Gasteiger partial charge in [0.1, 0.15) is 6.54 Å². The van der Waals surface area contributed by atoms with E-state index in [2.05, 4.69) is 4.74 Å². The molecule has 0 aliphatic carbocycles. The minimum Gasteiger partial charge on any atom is -0.468 e. The Morgan fingerprint density at radius 1 is 1.26 bits per heavy atom. The van der Waals surface area contributed by atoms with Gasteiger partial charge in [-0.3, -0.25) is 9.59 Å². The Morgan fingerprint density at radius 3 is 2.47 bits per heavy atom. The van der Waals surface area contributed by atoms with Crippen molar-refractivity contribution in [3.05, 3.63) is 35.4 Å². The van der Waals surface area contributed by atoms with Crippen molar-refractivity contribution >= 4 is 11.9 Å². The van der Waals surface area contributed by atoms with Crippen LogP contribution in [0.15, 0.2) is 18.2 Å². The van der Waals surface area contributed by atoms with Crippen LogP contribution in [-0.4, -0.2) is 37.0 Å². The van der Waals surface area contributed by atoms with Gasteiger partial charge in [0.2, 0.25) is 5.91 Å². The second kappa shape index (κ2) is 6.82. The van der Waals surface area contributed by atoms with Crippen molar-refractivity contribution in [1.82, 2.24) is 4.90 Å². The number of halogens is 2. The van der Waals surface area contributed by atoms with Gasteiger partial charge < -0.3 is 9.64 Å². The molecule has 0 N–H and O–H groups in total. The van der Waals surface area contributed by atoms with Crippen LogP contribution in [0, 0.1) is 11.6 Å². The zero-order valence-electron chi connectivity index (χ0n) is 10.8. The van der Waals surface area contributed by atoms with E-state index in [4.69, 9.17) is 0 Å². The van der Waals surface area contributed by atoms with Gasteiger partial charge in [0.15, 0.2) is 11.6 Å². The molecule has 0 heterocycles.